The summed E-state index contributed by atoms with van der Waals surface area (Å²) in [7, 11) is 0. The Hall–Kier alpha value is -2.91. The molecule has 140 valence electrons. The van der Waals surface area contributed by atoms with Gasteiger partial charge in [0.25, 0.3) is 0 Å². The topological polar surface area (TPSA) is 108 Å². The van der Waals surface area contributed by atoms with Gasteiger partial charge < -0.3 is 15.4 Å². The smallest absolute Gasteiger partial charge is 0.358 e. The van der Waals surface area contributed by atoms with Gasteiger partial charge in [0.05, 0.1) is 24.4 Å². The van der Waals surface area contributed by atoms with Crippen LogP contribution in [-0.2, 0) is 17.9 Å². The molecule has 0 aliphatic rings. The van der Waals surface area contributed by atoms with E-state index in [0.717, 1.165) is 5.56 Å². The van der Waals surface area contributed by atoms with Crippen LogP contribution in [0.15, 0.2) is 42.7 Å². The first-order valence-electron chi connectivity index (χ1n) is 7.86. The standard InChI is InChI=1S/C16H14Cl2N6O3/c17-12-3-1-11(2-4-12)9-22-7-5-14(20-22)19-15(25)6-8-23-10-13(18)16(21-23)24(26)27/h1-5,7,10H,6,8-9H2,(H,19,20,25). The van der Waals surface area contributed by atoms with Crippen molar-refractivity contribution in [1.82, 2.24) is 19.6 Å². The third-order valence-electron chi connectivity index (χ3n) is 3.61. The number of nitrogens with zero attached hydrogens (tertiary/aromatic N) is 5. The summed E-state index contributed by atoms with van der Waals surface area (Å²) in [5.74, 6) is -0.308. The van der Waals surface area contributed by atoms with Crippen LogP contribution in [0.25, 0.3) is 0 Å². The average molecular weight is 409 g/mol. The van der Waals surface area contributed by atoms with Gasteiger partial charge >= 0.3 is 5.82 Å². The Morgan fingerprint density at radius 1 is 1.15 bits per heavy atom. The summed E-state index contributed by atoms with van der Waals surface area (Å²) in [6, 6.07) is 9.08. The number of aromatic nitrogens is 4. The van der Waals surface area contributed by atoms with Gasteiger partial charge in [0.15, 0.2) is 10.8 Å². The number of rotatable bonds is 7. The minimum Gasteiger partial charge on any atom is -0.358 e. The largest absolute Gasteiger partial charge is 0.408 e. The molecule has 0 radical (unpaired) electrons. The minimum atomic E-state index is -0.674. The van der Waals surface area contributed by atoms with E-state index in [4.69, 9.17) is 23.2 Å². The highest BCUT2D eigenvalue weighted by atomic mass is 35.5. The molecule has 0 aliphatic heterocycles. The molecule has 3 aromatic rings. The van der Waals surface area contributed by atoms with Gasteiger partial charge in [-0.1, -0.05) is 35.3 Å². The van der Waals surface area contributed by atoms with Crippen LogP contribution in [0.5, 0.6) is 0 Å². The Bertz CT molecular complexity index is 967. The van der Waals surface area contributed by atoms with Gasteiger partial charge in [-0.25, -0.2) is 0 Å². The second-order valence-corrected chi connectivity index (χ2v) is 6.49. The van der Waals surface area contributed by atoms with Crippen LogP contribution in [0.4, 0.5) is 11.6 Å². The predicted molar refractivity (Wildman–Crippen MR) is 99.9 cm³/mol. The van der Waals surface area contributed by atoms with E-state index in [2.05, 4.69) is 15.5 Å². The second kappa shape index (κ2) is 8.19. The molecule has 0 atom stereocenters. The highest BCUT2D eigenvalue weighted by molar-refractivity contribution is 6.32. The lowest BCUT2D eigenvalue weighted by Crippen LogP contribution is -2.15. The van der Waals surface area contributed by atoms with Gasteiger partial charge in [0.1, 0.15) is 0 Å². The molecule has 2 aromatic heterocycles. The van der Waals surface area contributed by atoms with Gasteiger partial charge in [-0.2, -0.15) is 9.78 Å². The van der Waals surface area contributed by atoms with E-state index >= 15 is 0 Å². The zero-order chi connectivity index (χ0) is 19.4. The number of halogens is 2. The molecule has 0 aliphatic carbocycles. The van der Waals surface area contributed by atoms with E-state index in [1.165, 1.54) is 10.9 Å². The molecule has 0 spiro atoms. The number of hydrogen-bond donors (Lipinski definition) is 1. The fraction of sp³-hybridized carbons (Fsp3) is 0.188. The van der Waals surface area contributed by atoms with E-state index < -0.39 is 10.7 Å². The van der Waals surface area contributed by atoms with Crippen LogP contribution in [0.3, 0.4) is 0 Å². The molecule has 2 heterocycles. The van der Waals surface area contributed by atoms with Crippen LogP contribution in [0, 0.1) is 10.1 Å². The Morgan fingerprint density at radius 2 is 1.89 bits per heavy atom. The van der Waals surface area contributed by atoms with Crippen molar-refractivity contribution in [2.45, 2.75) is 19.5 Å². The summed E-state index contributed by atoms with van der Waals surface area (Å²) in [5.41, 5.74) is 1.03. The normalized spacial score (nSPS) is 10.7. The van der Waals surface area contributed by atoms with Gasteiger partial charge in [0.2, 0.25) is 5.91 Å². The van der Waals surface area contributed by atoms with Gasteiger partial charge in [0, 0.05) is 23.7 Å². The number of nitrogens with one attached hydrogen (secondary N) is 1. The van der Waals surface area contributed by atoms with Crippen molar-refractivity contribution in [3.8, 4) is 0 Å². The van der Waals surface area contributed by atoms with E-state index in [1.54, 1.807) is 29.1 Å². The molecule has 1 amide bonds. The number of nitro groups is 1. The van der Waals surface area contributed by atoms with Crippen molar-refractivity contribution in [2.75, 3.05) is 5.32 Å². The lowest BCUT2D eigenvalue weighted by molar-refractivity contribution is -0.389. The Balaban J connectivity index is 1.52. The number of aryl methyl sites for hydroxylation is 1. The summed E-state index contributed by atoms with van der Waals surface area (Å²) in [4.78, 5) is 22.1. The molecule has 9 nitrogen and oxygen atoms in total. The molecule has 11 heteroatoms. The number of amides is 1. The summed E-state index contributed by atoms with van der Waals surface area (Å²) in [6.45, 7) is 0.702. The highest BCUT2D eigenvalue weighted by Crippen LogP contribution is 2.21. The van der Waals surface area contributed by atoms with Crippen LogP contribution in [0.2, 0.25) is 10.0 Å². The van der Waals surface area contributed by atoms with Crippen molar-refractivity contribution in [1.29, 1.82) is 0 Å². The minimum absolute atomic E-state index is 0.0682. The van der Waals surface area contributed by atoms with Crippen LogP contribution < -0.4 is 5.32 Å². The number of benzene rings is 1. The molecule has 3 rings (SSSR count). The van der Waals surface area contributed by atoms with Gasteiger partial charge in [-0.3, -0.25) is 9.48 Å². The average Bonchev–Trinajstić information content (AvgIpc) is 3.21. The maximum Gasteiger partial charge on any atom is 0.408 e. The first kappa shape index (κ1) is 18.9. The van der Waals surface area contributed by atoms with E-state index in [1.807, 2.05) is 12.1 Å². The summed E-state index contributed by atoms with van der Waals surface area (Å²) in [5, 5.41) is 22.0. The molecule has 0 saturated carbocycles. The maximum atomic E-state index is 12.0. The third kappa shape index (κ3) is 5.05. The van der Waals surface area contributed by atoms with Crippen molar-refractivity contribution >= 4 is 40.7 Å². The quantitative estimate of drug-likeness (QED) is 0.476. The fourth-order valence-corrected chi connectivity index (χ4v) is 2.69. The molecule has 1 N–H and O–H groups in total. The van der Waals surface area contributed by atoms with Crippen LogP contribution >= 0.6 is 23.2 Å². The van der Waals surface area contributed by atoms with Crippen LogP contribution in [0.1, 0.15) is 12.0 Å². The monoisotopic (exact) mass is 408 g/mol. The van der Waals surface area contributed by atoms with E-state index in [0.29, 0.717) is 17.4 Å². The van der Waals surface area contributed by atoms with Crippen LogP contribution in [-0.4, -0.2) is 30.4 Å². The van der Waals surface area contributed by atoms with Gasteiger partial charge in [-0.15, -0.1) is 0 Å². The number of carbonyl (C=O) groups is 1. The SMILES string of the molecule is O=C(CCn1cc(Cl)c([N+](=O)[O-])n1)Nc1ccn(Cc2ccc(Cl)cc2)n1. The highest BCUT2D eigenvalue weighted by Gasteiger charge is 2.19. The van der Waals surface area contributed by atoms with Crippen molar-refractivity contribution in [3.63, 3.8) is 0 Å². The number of anilines is 1. The molecule has 0 bridgehead atoms. The number of hydrogen-bond acceptors (Lipinski definition) is 5. The Kier molecular flexibility index (Phi) is 5.72. The third-order valence-corrected chi connectivity index (χ3v) is 4.12. The fourth-order valence-electron chi connectivity index (χ4n) is 2.34. The van der Waals surface area contributed by atoms with Gasteiger partial charge in [-0.05, 0) is 22.6 Å². The maximum absolute atomic E-state index is 12.0. The lowest BCUT2D eigenvalue weighted by atomic mass is 10.2. The second-order valence-electron chi connectivity index (χ2n) is 5.64. The van der Waals surface area contributed by atoms with E-state index in [-0.39, 0.29) is 23.9 Å². The number of carbonyl (C=O) groups excluding carboxylic acids is 1. The summed E-state index contributed by atoms with van der Waals surface area (Å²) in [6.07, 6.45) is 3.13. The Labute approximate surface area is 163 Å². The Morgan fingerprint density at radius 3 is 2.56 bits per heavy atom. The molecule has 27 heavy (non-hydrogen) atoms. The first-order chi connectivity index (χ1) is 12.9. The van der Waals surface area contributed by atoms with Crippen molar-refractivity contribution in [2.24, 2.45) is 0 Å². The predicted octanol–water partition coefficient (Wildman–Crippen LogP) is 3.37. The first-order valence-corrected chi connectivity index (χ1v) is 8.61. The zero-order valence-corrected chi connectivity index (χ0v) is 15.4. The van der Waals surface area contributed by atoms with E-state index in [9.17, 15) is 14.9 Å². The molecule has 0 unspecified atom stereocenters. The molecule has 0 fully saturated rings. The van der Waals surface area contributed by atoms with Crippen molar-refractivity contribution < 1.29 is 9.72 Å². The molecular weight excluding hydrogens is 395 g/mol. The van der Waals surface area contributed by atoms with Crippen molar-refractivity contribution in [3.05, 3.63) is 68.4 Å². The lowest BCUT2D eigenvalue weighted by Gasteiger charge is -2.03. The summed E-state index contributed by atoms with van der Waals surface area (Å²) >= 11 is 11.6. The molecule has 1 aromatic carbocycles. The zero-order valence-electron chi connectivity index (χ0n) is 13.9. The molecule has 0 saturated heterocycles. The molecular formula is C16H14Cl2N6O3. The summed E-state index contributed by atoms with van der Waals surface area (Å²) < 4.78 is 2.95.